The predicted molar refractivity (Wildman–Crippen MR) is 90.1 cm³/mol. The number of aryl methyl sites for hydroxylation is 1. The van der Waals surface area contributed by atoms with Crippen molar-refractivity contribution in [2.75, 3.05) is 5.32 Å². The maximum atomic E-state index is 12.1. The van der Waals surface area contributed by atoms with Gasteiger partial charge in [-0.1, -0.05) is 6.07 Å². The van der Waals surface area contributed by atoms with Crippen molar-refractivity contribution in [1.82, 2.24) is 4.98 Å². The van der Waals surface area contributed by atoms with Crippen LogP contribution >= 0.6 is 0 Å². The first-order valence-electron chi connectivity index (χ1n) is 8.43. The van der Waals surface area contributed by atoms with Crippen molar-refractivity contribution in [3.63, 3.8) is 0 Å². The standard InChI is InChI=1S/C19H20N2O3/c22-18(8-5-14-4-3-11-20-13-14)21-15-6-7-16-17(12-15)24-19(23-16)9-1-2-10-19/h3-4,6-7,11-13H,1-2,5,8-10H2,(H,21,22). The van der Waals surface area contributed by atoms with E-state index in [0.717, 1.165) is 48.4 Å². The van der Waals surface area contributed by atoms with E-state index in [1.165, 1.54) is 0 Å². The average Bonchev–Trinajstić information content (AvgIpc) is 3.20. The number of hydrogen-bond acceptors (Lipinski definition) is 4. The smallest absolute Gasteiger partial charge is 0.251 e. The van der Waals surface area contributed by atoms with Crippen LogP contribution in [0.4, 0.5) is 5.69 Å². The maximum absolute atomic E-state index is 12.1. The van der Waals surface area contributed by atoms with Gasteiger partial charge in [0.2, 0.25) is 5.91 Å². The first-order valence-corrected chi connectivity index (χ1v) is 8.43. The molecular weight excluding hydrogens is 304 g/mol. The zero-order valence-corrected chi connectivity index (χ0v) is 13.5. The minimum Gasteiger partial charge on any atom is -0.448 e. The van der Waals surface area contributed by atoms with Crippen LogP contribution in [0.1, 0.15) is 37.7 Å². The minimum atomic E-state index is -0.467. The van der Waals surface area contributed by atoms with Crippen LogP contribution in [0.3, 0.4) is 0 Å². The summed E-state index contributed by atoms with van der Waals surface area (Å²) in [6.07, 6.45) is 8.72. The quantitative estimate of drug-likeness (QED) is 0.931. The van der Waals surface area contributed by atoms with E-state index in [1.807, 2.05) is 30.3 Å². The second-order valence-corrected chi connectivity index (χ2v) is 6.39. The van der Waals surface area contributed by atoms with Gasteiger partial charge >= 0.3 is 0 Å². The summed E-state index contributed by atoms with van der Waals surface area (Å²) < 4.78 is 12.0. The largest absolute Gasteiger partial charge is 0.448 e. The summed E-state index contributed by atoms with van der Waals surface area (Å²) in [6, 6.07) is 9.44. The number of anilines is 1. The fraction of sp³-hybridized carbons (Fsp3) is 0.368. The lowest BCUT2D eigenvalue weighted by atomic mass is 10.1. The number of hydrogen-bond donors (Lipinski definition) is 1. The van der Waals surface area contributed by atoms with Gasteiger partial charge < -0.3 is 14.8 Å². The van der Waals surface area contributed by atoms with Crippen molar-refractivity contribution in [3.05, 3.63) is 48.3 Å². The zero-order chi connectivity index (χ0) is 16.4. The third-order valence-electron chi connectivity index (χ3n) is 4.55. The molecule has 24 heavy (non-hydrogen) atoms. The van der Waals surface area contributed by atoms with Crippen molar-refractivity contribution in [2.24, 2.45) is 0 Å². The molecule has 1 aromatic heterocycles. The van der Waals surface area contributed by atoms with E-state index in [9.17, 15) is 4.79 Å². The van der Waals surface area contributed by atoms with Gasteiger partial charge in [0.05, 0.1) is 0 Å². The van der Waals surface area contributed by atoms with Crippen LogP contribution < -0.4 is 14.8 Å². The fourth-order valence-corrected chi connectivity index (χ4v) is 3.32. The Balaban J connectivity index is 1.37. The second-order valence-electron chi connectivity index (χ2n) is 6.39. The summed E-state index contributed by atoms with van der Waals surface area (Å²) in [7, 11) is 0. The van der Waals surface area contributed by atoms with Gasteiger partial charge in [-0.2, -0.15) is 0 Å². The van der Waals surface area contributed by atoms with Crippen LogP contribution in [-0.2, 0) is 11.2 Å². The minimum absolute atomic E-state index is 0.0201. The van der Waals surface area contributed by atoms with E-state index in [1.54, 1.807) is 12.4 Å². The lowest BCUT2D eigenvalue weighted by Gasteiger charge is -2.21. The maximum Gasteiger partial charge on any atom is 0.251 e. The van der Waals surface area contributed by atoms with Gasteiger partial charge in [0, 0.05) is 43.4 Å². The third-order valence-corrected chi connectivity index (χ3v) is 4.55. The van der Waals surface area contributed by atoms with Gasteiger partial charge in [0.15, 0.2) is 11.5 Å². The number of pyridine rings is 1. The topological polar surface area (TPSA) is 60.5 Å². The number of benzene rings is 1. The van der Waals surface area contributed by atoms with Crippen molar-refractivity contribution < 1.29 is 14.3 Å². The van der Waals surface area contributed by atoms with E-state index in [0.29, 0.717) is 12.8 Å². The Morgan fingerprint density at radius 3 is 2.79 bits per heavy atom. The number of nitrogens with zero attached hydrogens (tertiary/aromatic N) is 1. The molecule has 1 N–H and O–H groups in total. The van der Waals surface area contributed by atoms with Gasteiger partial charge in [-0.3, -0.25) is 9.78 Å². The van der Waals surface area contributed by atoms with Crippen molar-refractivity contribution in [1.29, 1.82) is 0 Å². The highest BCUT2D eigenvalue weighted by Gasteiger charge is 2.44. The van der Waals surface area contributed by atoms with Crippen LogP contribution in [-0.4, -0.2) is 16.7 Å². The Morgan fingerprint density at radius 2 is 2.00 bits per heavy atom. The Labute approximate surface area is 141 Å². The molecule has 0 unspecified atom stereocenters. The summed E-state index contributed by atoms with van der Waals surface area (Å²) in [5.41, 5.74) is 1.80. The number of aromatic nitrogens is 1. The summed E-state index contributed by atoms with van der Waals surface area (Å²) in [5.74, 6) is 1.01. The molecule has 1 fully saturated rings. The highest BCUT2D eigenvalue weighted by atomic mass is 16.7. The SMILES string of the molecule is O=C(CCc1cccnc1)Nc1ccc2c(c1)OC1(CCCC1)O2. The third kappa shape index (κ3) is 3.07. The Hall–Kier alpha value is -2.56. The summed E-state index contributed by atoms with van der Waals surface area (Å²) >= 11 is 0. The molecular formula is C19H20N2O3. The van der Waals surface area contributed by atoms with Gasteiger partial charge in [-0.05, 0) is 43.0 Å². The van der Waals surface area contributed by atoms with E-state index in [-0.39, 0.29) is 5.91 Å². The molecule has 2 heterocycles. The molecule has 1 aliphatic heterocycles. The van der Waals surface area contributed by atoms with Crippen LogP contribution in [0.25, 0.3) is 0 Å². The molecule has 1 saturated carbocycles. The molecule has 4 rings (SSSR count). The number of fused-ring (bicyclic) bond motifs is 1. The molecule has 2 aromatic rings. The first kappa shape index (κ1) is 15.0. The molecule has 5 heteroatoms. The Bertz CT molecular complexity index is 740. The monoisotopic (exact) mass is 324 g/mol. The van der Waals surface area contributed by atoms with E-state index in [4.69, 9.17) is 9.47 Å². The molecule has 1 spiro atoms. The molecule has 0 bridgehead atoms. The summed E-state index contributed by atoms with van der Waals surface area (Å²) in [5, 5.41) is 2.93. The lowest BCUT2D eigenvalue weighted by Crippen LogP contribution is -2.34. The summed E-state index contributed by atoms with van der Waals surface area (Å²) in [6.45, 7) is 0. The molecule has 1 amide bonds. The van der Waals surface area contributed by atoms with Crippen LogP contribution in [0.5, 0.6) is 11.5 Å². The number of carbonyl (C=O) groups excluding carboxylic acids is 1. The number of nitrogens with one attached hydrogen (secondary N) is 1. The second kappa shape index (κ2) is 6.15. The van der Waals surface area contributed by atoms with Crippen LogP contribution in [0.2, 0.25) is 0 Å². The number of ether oxygens (including phenoxy) is 2. The predicted octanol–water partition coefficient (Wildman–Crippen LogP) is 3.69. The number of carbonyl (C=O) groups is 1. The highest BCUT2D eigenvalue weighted by molar-refractivity contribution is 5.91. The van der Waals surface area contributed by atoms with E-state index >= 15 is 0 Å². The van der Waals surface area contributed by atoms with Gasteiger partial charge in [0.1, 0.15) is 0 Å². The van der Waals surface area contributed by atoms with Gasteiger partial charge in [0.25, 0.3) is 5.79 Å². The van der Waals surface area contributed by atoms with Crippen molar-refractivity contribution in [2.45, 2.75) is 44.3 Å². The normalized spacial score (nSPS) is 17.2. The molecule has 0 radical (unpaired) electrons. The Kier molecular flexibility index (Phi) is 3.84. The molecule has 124 valence electrons. The molecule has 1 aromatic carbocycles. The molecule has 1 aliphatic carbocycles. The Morgan fingerprint density at radius 1 is 1.17 bits per heavy atom. The van der Waals surface area contributed by atoms with Gasteiger partial charge in [-0.25, -0.2) is 0 Å². The van der Waals surface area contributed by atoms with Gasteiger partial charge in [-0.15, -0.1) is 0 Å². The fourth-order valence-electron chi connectivity index (χ4n) is 3.32. The van der Waals surface area contributed by atoms with E-state index < -0.39 is 5.79 Å². The lowest BCUT2D eigenvalue weighted by molar-refractivity contribution is -0.116. The number of amides is 1. The van der Waals surface area contributed by atoms with Crippen molar-refractivity contribution >= 4 is 11.6 Å². The molecule has 0 saturated heterocycles. The highest BCUT2D eigenvalue weighted by Crippen LogP contribution is 2.47. The molecule has 5 nitrogen and oxygen atoms in total. The zero-order valence-electron chi connectivity index (χ0n) is 13.5. The van der Waals surface area contributed by atoms with Crippen LogP contribution in [0.15, 0.2) is 42.7 Å². The average molecular weight is 324 g/mol. The summed E-state index contributed by atoms with van der Waals surface area (Å²) in [4.78, 5) is 16.2. The molecule has 0 atom stereocenters. The number of rotatable bonds is 4. The van der Waals surface area contributed by atoms with Crippen LogP contribution in [0, 0.1) is 0 Å². The van der Waals surface area contributed by atoms with E-state index in [2.05, 4.69) is 10.3 Å². The van der Waals surface area contributed by atoms with Crippen molar-refractivity contribution in [3.8, 4) is 11.5 Å². The molecule has 2 aliphatic rings. The first-order chi connectivity index (χ1) is 11.7.